The Bertz CT molecular complexity index is 1030. The van der Waals surface area contributed by atoms with E-state index in [1.165, 1.54) is 0 Å². The van der Waals surface area contributed by atoms with E-state index in [4.69, 9.17) is 13.9 Å². The first-order valence-corrected chi connectivity index (χ1v) is 9.59. The molecule has 0 bridgehead atoms. The highest BCUT2D eigenvalue weighted by Crippen LogP contribution is 2.30. The predicted octanol–water partition coefficient (Wildman–Crippen LogP) is 3.73. The van der Waals surface area contributed by atoms with Gasteiger partial charge in [-0.15, -0.1) is 0 Å². The number of nitrogens with zero attached hydrogens (tertiary/aromatic N) is 2. The Kier molecular flexibility index (Phi) is 5.20. The Balaban J connectivity index is 1.65. The van der Waals surface area contributed by atoms with Crippen molar-refractivity contribution in [2.24, 2.45) is 0 Å². The lowest BCUT2D eigenvalue weighted by Crippen LogP contribution is -2.34. The molecule has 150 valence electrons. The fraction of sp³-hybridized carbons (Fsp3) is 0.318. The molecule has 1 unspecified atom stereocenters. The molecule has 1 aliphatic rings. The lowest BCUT2D eigenvalue weighted by molar-refractivity contribution is -0.396. The minimum atomic E-state index is -0.166. The second kappa shape index (κ2) is 7.95. The third kappa shape index (κ3) is 3.55. The quantitative estimate of drug-likeness (QED) is 0.665. The molecule has 1 heterocycles. The average molecular weight is 394 g/mol. The number of amides is 1. The van der Waals surface area contributed by atoms with Gasteiger partial charge in [-0.1, -0.05) is 18.2 Å². The van der Waals surface area contributed by atoms with Gasteiger partial charge in [-0.2, -0.15) is 9.56 Å². The number of hydrogen-bond acceptors (Lipinski definition) is 6. The number of oxazole rings is 1. The van der Waals surface area contributed by atoms with Gasteiger partial charge in [0.1, 0.15) is 30.1 Å². The van der Waals surface area contributed by atoms with Crippen LogP contribution in [0.15, 0.2) is 46.9 Å². The van der Waals surface area contributed by atoms with Crippen molar-refractivity contribution in [2.75, 3.05) is 26.6 Å². The van der Waals surface area contributed by atoms with Crippen molar-refractivity contribution >= 4 is 28.7 Å². The minimum absolute atomic E-state index is 0.0299. The first-order chi connectivity index (χ1) is 14.1. The summed E-state index contributed by atoms with van der Waals surface area (Å²) >= 11 is 0. The molecule has 3 aromatic rings. The average Bonchev–Trinajstić information content (AvgIpc) is 3.38. The molecule has 0 radical (unpaired) electrons. The Morgan fingerprint density at radius 3 is 2.55 bits per heavy atom. The summed E-state index contributed by atoms with van der Waals surface area (Å²) in [6, 6.07) is 13.4. The van der Waals surface area contributed by atoms with Crippen molar-refractivity contribution in [3.63, 3.8) is 0 Å². The van der Waals surface area contributed by atoms with E-state index in [1.54, 1.807) is 44.0 Å². The number of hydrogen-bond donors (Lipinski definition) is 1. The van der Waals surface area contributed by atoms with E-state index in [2.05, 4.69) is 10.3 Å². The number of carbonyl (C=O) groups is 1. The monoisotopic (exact) mass is 394 g/mol. The summed E-state index contributed by atoms with van der Waals surface area (Å²) in [4.78, 5) is 17.8. The minimum Gasteiger partial charge on any atom is -0.496 e. The molecule has 29 heavy (non-hydrogen) atoms. The second-order valence-corrected chi connectivity index (χ2v) is 6.97. The summed E-state index contributed by atoms with van der Waals surface area (Å²) in [5.41, 5.74) is 2.95. The molecule has 7 nitrogen and oxygen atoms in total. The van der Waals surface area contributed by atoms with Gasteiger partial charge < -0.3 is 19.2 Å². The highest BCUT2D eigenvalue weighted by Gasteiger charge is 2.35. The summed E-state index contributed by atoms with van der Waals surface area (Å²) in [6.45, 7) is 0. The van der Waals surface area contributed by atoms with Crippen LogP contribution in [0.4, 0.5) is 6.01 Å². The molecule has 7 heteroatoms. The molecule has 1 N–H and O–H groups in total. The van der Waals surface area contributed by atoms with Crippen molar-refractivity contribution in [1.82, 2.24) is 4.98 Å². The zero-order valence-corrected chi connectivity index (χ0v) is 16.8. The molecule has 1 saturated carbocycles. The molecule has 0 saturated heterocycles. The summed E-state index contributed by atoms with van der Waals surface area (Å²) in [6.07, 6.45) is 2.69. The molecular weight excluding hydrogens is 370 g/mol. The zero-order valence-electron chi connectivity index (χ0n) is 16.8. The van der Waals surface area contributed by atoms with Crippen molar-refractivity contribution in [1.29, 1.82) is 0 Å². The van der Waals surface area contributed by atoms with E-state index in [0.717, 1.165) is 36.1 Å². The van der Waals surface area contributed by atoms with Gasteiger partial charge in [0.2, 0.25) is 0 Å². The van der Waals surface area contributed by atoms with E-state index in [1.807, 2.05) is 24.3 Å². The van der Waals surface area contributed by atoms with Crippen LogP contribution < -0.4 is 14.8 Å². The molecule has 0 aliphatic heterocycles. The standard InChI is InChI=1S/C22H24N3O4/c1-25(21(26)20-18(27-2)12-7-13-19(20)28-3)16-10-6-9-14(16)23-22-24-15-8-4-5-11-17(15)29-22/h4-5,7-8,11-14H,6,9-10H2,1-3H3,(H,23,24)/q+1. The third-order valence-electron chi connectivity index (χ3n) is 5.30. The number of ether oxygens (including phenoxy) is 2. The van der Waals surface area contributed by atoms with Gasteiger partial charge in [0.15, 0.2) is 16.9 Å². The zero-order chi connectivity index (χ0) is 20.4. The smallest absolute Gasteiger partial charge is 0.426 e. The van der Waals surface area contributed by atoms with E-state index >= 15 is 0 Å². The maximum Gasteiger partial charge on any atom is 0.426 e. The molecule has 1 aliphatic carbocycles. The SMILES string of the molecule is COc1cccc(OC)c1C(=O)[N+](C)=C1CCCC1Nc1nc2ccccc2o1. The number of fused-ring (bicyclic) bond motifs is 1. The number of benzene rings is 2. The Morgan fingerprint density at radius 1 is 1.14 bits per heavy atom. The number of anilines is 1. The maximum absolute atomic E-state index is 13.3. The van der Waals surface area contributed by atoms with E-state index < -0.39 is 0 Å². The first kappa shape index (κ1) is 19.0. The molecule has 4 rings (SSSR count). The molecule has 1 fully saturated rings. The predicted molar refractivity (Wildman–Crippen MR) is 110 cm³/mol. The van der Waals surface area contributed by atoms with Gasteiger partial charge in [0, 0.05) is 6.42 Å². The Hall–Kier alpha value is -3.35. The molecule has 0 spiro atoms. The Labute approximate surface area is 169 Å². The lowest BCUT2D eigenvalue weighted by atomic mass is 10.1. The van der Waals surface area contributed by atoms with Crippen LogP contribution in [0.1, 0.15) is 29.6 Å². The van der Waals surface area contributed by atoms with Crippen LogP contribution in [0.2, 0.25) is 0 Å². The van der Waals surface area contributed by atoms with Crippen LogP contribution in [-0.4, -0.2) is 48.5 Å². The van der Waals surface area contributed by atoms with E-state index in [9.17, 15) is 4.79 Å². The fourth-order valence-corrected chi connectivity index (χ4v) is 3.83. The maximum atomic E-state index is 13.3. The number of carbonyl (C=O) groups excluding carboxylic acids is 1. The van der Waals surface area contributed by atoms with Gasteiger partial charge >= 0.3 is 5.91 Å². The van der Waals surface area contributed by atoms with E-state index in [0.29, 0.717) is 23.1 Å². The molecule has 1 amide bonds. The van der Waals surface area contributed by atoms with Gasteiger partial charge in [-0.25, -0.2) is 4.79 Å². The Morgan fingerprint density at radius 2 is 1.86 bits per heavy atom. The lowest BCUT2D eigenvalue weighted by Gasteiger charge is -2.12. The van der Waals surface area contributed by atoms with Crippen LogP contribution in [-0.2, 0) is 0 Å². The fourth-order valence-electron chi connectivity index (χ4n) is 3.83. The van der Waals surface area contributed by atoms with Gasteiger partial charge in [-0.05, 0) is 37.1 Å². The van der Waals surface area contributed by atoms with Crippen LogP contribution in [0.5, 0.6) is 11.5 Å². The summed E-state index contributed by atoms with van der Waals surface area (Å²) in [5, 5.41) is 3.35. The van der Waals surface area contributed by atoms with Crippen LogP contribution in [0.25, 0.3) is 11.1 Å². The van der Waals surface area contributed by atoms with Crippen molar-refractivity contribution in [3.8, 4) is 11.5 Å². The highest BCUT2D eigenvalue weighted by atomic mass is 16.5. The normalized spacial score (nSPS) is 18.0. The topological polar surface area (TPSA) is 76.6 Å². The number of nitrogens with one attached hydrogen (secondary N) is 1. The van der Waals surface area contributed by atoms with Crippen molar-refractivity contribution in [3.05, 3.63) is 48.0 Å². The molecular formula is C22H24N3O4+. The van der Waals surface area contributed by atoms with Crippen LogP contribution >= 0.6 is 0 Å². The highest BCUT2D eigenvalue weighted by molar-refractivity contribution is 6.00. The number of para-hydroxylation sites is 2. The summed E-state index contributed by atoms with van der Waals surface area (Å²) < 4.78 is 18.3. The van der Waals surface area contributed by atoms with Gasteiger partial charge in [0.05, 0.1) is 14.2 Å². The van der Waals surface area contributed by atoms with Gasteiger partial charge in [0.25, 0.3) is 6.01 Å². The van der Waals surface area contributed by atoms with Crippen LogP contribution in [0.3, 0.4) is 0 Å². The third-order valence-corrected chi connectivity index (χ3v) is 5.30. The second-order valence-electron chi connectivity index (χ2n) is 6.97. The number of aromatic nitrogens is 1. The van der Waals surface area contributed by atoms with Crippen LogP contribution in [0, 0.1) is 0 Å². The van der Waals surface area contributed by atoms with E-state index in [-0.39, 0.29) is 11.9 Å². The van der Waals surface area contributed by atoms with Crippen molar-refractivity contribution < 1.29 is 23.3 Å². The first-order valence-electron chi connectivity index (χ1n) is 9.59. The van der Waals surface area contributed by atoms with Gasteiger partial charge in [-0.3, -0.25) is 0 Å². The summed E-state index contributed by atoms with van der Waals surface area (Å²) in [5.74, 6) is 0.812. The van der Waals surface area contributed by atoms with Crippen molar-refractivity contribution in [2.45, 2.75) is 25.3 Å². The number of rotatable bonds is 5. The largest absolute Gasteiger partial charge is 0.496 e. The molecule has 2 aromatic carbocycles. The summed E-state index contributed by atoms with van der Waals surface area (Å²) in [7, 11) is 4.88. The molecule has 1 atom stereocenters. The number of methoxy groups -OCH3 is 2. The molecule has 1 aromatic heterocycles.